The van der Waals surface area contributed by atoms with Crippen LogP contribution in [-0.4, -0.2) is 72.9 Å². The van der Waals surface area contributed by atoms with E-state index in [4.69, 9.17) is 43.7 Å². The van der Waals surface area contributed by atoms with Crippen LogP contribution in [0.1, 0.15) is 103 Å². The number of furan rings is 1. The van der Waals surface area contributed by atoms with Crippen LogP contribution in [0.2, 0.25) is 15.1 Å². The Balaban J connectivity index is 0.000000136. The van der Waals surface area contributed by atoms with Crippen molar-refractivity contribution in [3.8, 4) is 0 Å². The molecule has 7 aromatic heterocycles. The Bertz CT molecular complexity index is 6280. The maximum atomic E-state index is 12.8. The van der Waals surface area contributed by atoms with Gasteiger partial charge in [0.15, 0.2) is 23.3 Å². The van der Waals surface area contributed by atoms with Crippen molar-refractivity contribution in [2.24, 2.45) is 0 Å². The van der Waals surface area contributed by atoms with Crippen LogP contribution in [0.4, 0.5) is 62.8 Å². The fraction of sp³-hybridized carbons (Fsp3) is 0.129. The molecule has 4 N–H and O–H groups in total. The van der Waals surface area contributed by atoms with Crippen LogP contribution in [0.25, 0.3) is 43.6 Å². The first-order valence-corrected chi connectivity index (χ1v) is 36.7. The van der Waals surface area contributed by atoms with Crippen LogP contribution in [0.5, 0.6) is 0 Å². The molecule has 0 bridgehead atoms. The van der Waals surface area contributed by atoms with Gasteiger partial charge < -0.3 is 30.2 Å². The summed E-state index contributed by atoms with van der Waals surface area (Å²) in [5.74, 6) is 1.00. The predicted octanol–water partition coefficient (Wildman–Crippen LogP) is 21.6. The number of carbonyl (C=O) groups is 4. The van der Waals surface area contributed by atoms with Crippen molar-refractivity contribution in [1.29, 1.82) is 0 Å². The van der Waals surface area contributed by atoms with Gasteiger partial charge in [0.25, 0.3) is 23.6 Å². The largest absolute Gasteiger partial charge is 0.469 e. The minimum Gasteiger partial charge on any atom is -0.469 e. The van der Waals surface area contributed by atoms with Gasteiger partial charge in [-0.3, -0.25) is 42.9 Å². The lowest BCUT2D eigenvalue weighted by Crippen LogP contribution is -2.14. The molecule has 16 aromatic rings. The van der Waals surface area contributed by atoms with Crippen LogP contribution in [0.15, 0.2) is 252 Å². The van der Waals surface area contributed by atoms with E-state index in [9.17, 15) is 58.7 Å². The third-order valence-corrected chi connectivity index (χ3v) is 19.1. The smallest absolute Gasteiger partial charge is 0.416 e. The Labute approximate surface area is 674 Å². The first-order valence-electron chi connectivity index (χ1n) is 35.5. The molecule has 9 aromatic carbocycles. The molecule has 0 spiro atoms. The third-order valence-electron chi connectivity index (χ3n) is 18.3. The normalized spacial score (nSPS) is 11.5. The number of hydrogen-bond acceptors (Lipinski definition) is 12. The van der Waals surface area contributed by atoms with Crippen LogP contribution >= 0.6 is 34.8 Å². The second-order valence-corrected chi connectivity index (χ2v) is 27.8. The number of rotatable bonds is 16. The Morgan fingerprint density at radius 2 is 0.803 bits per heavy atom. The summed E-state index contributed by atoms with van der Waals surface area (Å²) in [5.41, 5.74) is 6.91. The molecule has 20 nitrogen and oxygen atoms in total. The van der Waals surface area contributed by atoms with E-state index in [-0.39, 0.29) is 43.0 Å². The number of fused-ring (bicyclic) bond motifs is 4. The number of anilines is 4. The van der Waals surface area contributed by atoms with Gasteiger partial charge in [0.2, 0.25) is 0 Å². The first kappa shape index (κ1) is 81.6. The van der Waals surface area contributed by atoms with Gasteiger partial charge in [-0.25, -0.2) is 0 Å². The topological polar surface area (TPSA) is 240 Å². The van der Waals surface area contributed by atoms with Crippen LogP contribution in [-0.2, 0) is 44.7 Å². The van der Waals surface area contributed by atoms with Gasteiger partial charge >= 0.3 is 18.5 Å². The van der Waals surface area contributed by atoms with E-state index in [1.54, 1.807) is 89.4 Å². The van der Waals surface area contributed by atoms with Crippen LogP contribution in [0, 0.1) is 27.7 Å². The lowest BCUT2D eigenvalue weighted by molar-refractivity contribution is -0.138. The van der Waals surface area contributed by atoms with E-state index in [2.05, 4.69) is 51.8 Å². The van der Waals surface area contributed by atoms with E-state index in [0.717, 1.165) is 74.8 Å². The molecule has 0 aliphatic rings. The maximum Gasteiger partial charge on any atom is 0.416 e. The highest BCUT2D eigenvalue weighted by Gasteiger charge is 2.33. The van der Waals surface area contributed by atoms with Crippen molar-refractivity contribution >= 4 is 125 Å². The number of para-hydroxylation sites is 3. The van der Waals surface area contributed by atoms with Crippen LogP contribution in [0.3, 0.4) is 0 Å². The molecular formula is C85H64Cl3F9N14O6. The highest BCUT2D eigenvalue weighted by atomic mass is 35.5. The summed E-state index contributed by atoms with van der Waals surface area (Å²) in [7, 11) is 0. The first-order chi connectivity index (χ1) is 55.9. The van der Waals surface area contributed by atoms with E-state index < -0.39 is 47.0 Å². The van der Waals surface area contributed by atoms with Crippen molar-refractivity contribution < 1.29 is 67.6 Å². The minimum atomic E-state index is -4.40. The molecule has 0 atom stereocenters. The van der Waals surface area contributed by atoms with E-state index in [1.807, 2.05) is 109 Å². The third kappa shape index (κ3) is 19.5. The number of nitrogens with zero attached hydrogens (tertiary/aromatic N) is 10. The minimum absolute atomic E-state index is 0.142. The fourth-order valence-corrected chi connectivity index (χ4v) is 13.0. The summed E-state index contributed by atoms with van der Waals surface area (Å²) in [6, 6.07) is 61.8. The van der Waals surface area contributed by atoms with Gasteiger partial charge in [-0.05, 0) is 177 Å². The van der Waals surface area contributed by atoms with Crippen molar-refractivity contribution in [1.82, 2.24) is 49.3 Å². The molecule has 0 saturated carbocycles. The Kier molecular flexibility index (Phi) is 24.2. The van der Waals surface area contributed by atoms with Crippen LogP contribution < -0.4 is 21.3 Å². The molecule has 16 rings (SSSR count). The zero-order chi connectivity index (χ0) is 83.0. The standard InChI is InChI=1S/C23H18F3N3O.C21H16ClF3N4O2.C21H14ClF3N4O.C20H16ClN3O2/c1-15-6-10-17(11-7-15)22(30)27-21-19-4-2-3-5-20(19)29(28-21)14-16-8-12-18(13-9-16)23(24,25)26;1-11-17(12(2)31-28-11)20(30)26-19-18-15(22)4-3-5-16(18)29(27-19)10-13-6-8-14(9-7-13)21(23,24)25;22-15-9-10-26-17(11-15)20(30)27-19-16-3-1-2-4-18(16)29(28-19)12-13-5-7-14(8-6-13)21(23,24)25;1-13-16(10-11-26-13)20(25)22-19-17-4-2-3-5-18(17)24(23-19)12-14-6-8-15(21)9-7-14/h2-13H,14H2,1H3,(H,27,28,30);3-9H,10H2,1-2H3,(H,26,27,30);1-11H,12H2,(H,27,28,30);2-11H,12H2,1H3,(H,22,23,25). The molecule has 0 aliphatic carbocycles. The highest BCUT2D eigenvalue weighted by molar-refractivity contribution is 6.36. The number of pyridine rings is 1. The van der Waals surface area contributed by atoms with Gasteiger partial charge in [-0.2, -0.15) is 59.9 Å². The quantitative estimate of drug-likeness (QED) is 0.0661. The van der Waals surface area contributed by atoms with Gasteiger partial charge in [0.05, 0.1) is 92.9 Å². The highest BCUT2D eigenvalue weighted by Crippen LogP contribution is 2.36. The lowest BCUT2D eigenvalue weighted by Gasteiger charge is -2.08. The number of benzene rings is 9. The van der Waals surface area contributed by atoms with Crippen molar-refractivity contribution in [3.63, 3.8) is 0 Å². The number of alkyl halides is 9. The molecule has 0 aliphatic heterocycles. The zero-order valence-corrected chi connectivity index (χ0v) is 64.1. The average Bonchev–Trinajstić information content (AvgIpc) is 1.63. The second-order valence-electron chi connectivity index (χ2n) is 26.6. The summed E-state index contributed by atoms with van der Waals surface area (Å²) >= 11 is 18.2. The predicted molar refractivity (Wildman–Crippen MR) is 428 cm³/mol. The van der Waals surface area contributed by atoms with Crippen molar-refractivity contribution in [3.05, 3.63) is 342 Å². The Hall–Kier alpha value is -13.4. The van der Waals surface area contributed by atoms with Gasteiger partial charge in [0.1, 0.15) is 22.8 Å². The van der Waals surface area contributed by atoms with Crippen molar-refractivity contribution in [2.45, 2.75) is 72.4 Å². The van der Waals surface area contributed by atoms with Gasteiger partial charge in [0, 0.05) is 38.0 Å². The number of amides is 4. The van der Waals surface area contributed by atoms with E-state index in [0.29, 0.717) is 106 Å². The van der Waals surface area contributed by atoms with Crippen molar-refractivity contribution in [2.75, 3.05) is 21.3 Å². The Morgan fingerprint density at radius 3 is 1.22 bits per heavy atom. The number of halogens is 12. The number of hydrogen-bond donors (Lipinski definition) is 4. The second kappa shape index (κ2) is 34.8. The van der Waals surface area contributed by atoms with Gasteiger partial charge in [-0.1, -0.05) is 149 Å². The molecule has 594 valence electrons. The number of nitrogens with one attached hydrogen (secondary N) is 4. The summed E-state index contributed by atoms with van der Waals surface area (Å²) in [5, 5.41) is 37.3. The monoisotopic (exact) mass is 1650 g/mol. The molecule has 0 fully saturated rings. The average molecular weight is 1650 g/mol. The number of aryl methyl sites for hydroxylation is 4. The molecule has 0 unspecified atom stereocenters. The molecule has 0 radical (unpaired) electrons. The summed E-state index contributed by atoms with van der Waals surface area (Å²) in [4.78, 5) is 54.4. The fourth-order valence-electron chi connectivity index (χ4n) is 12.5. The summed E-state index contributed by atoms with van der Waals surface area (Å²) in [6.07, 6.45) is -10.2. The molecular weight excluding hydrogens is 1590 g/mol. The molecule has 4 amide bonds. The molecule has 32 heteroatoms. The zero-order valence-electron chi connectivity index (χ0n) is 61.9. The summed E-state index contributed by atoms with van der Waals surface area (Å²) in [6.45, 7) is 8.27. The maximum absolute atomic E-state index is 12.8. The van der Waals surface area contributed by atoms with Gasteiger partial charge in [-0.15, -0.1) is 0 Å². The Morgan fingerprint density at radius 1 is 0.402 bits per heavy atom. The SMILES string of the molecule is Cc1ccc(C(=O)Nc2nn(Cc3ccc(C(F)(F)F)cc3)c3ccccc23)cc1.Cc1noc(C)c1C(=O)Nc1nn(Cc2ccc(C(F)(F)F)cc2)c2cccc(Cl)c12.Cc1occc1C(=O)Nc1nn(Cc2ccc(Cl)cc2)c2ccccc12.O=C(Nc1nn(Cc2ccc(C(F)(F)F)cc2)c2ccccc12)c1cc(Cl)ccn1. The summed E-state index contributed by atoms with van der Waals surface area (Å²) < 4.78 is 132. The number of aromatic nitrogens is 10. The lowest BCUT2D eigenvalue weighted by atomic mass is 10.1. The van der Waals surface area contributed by atoms with E-state index >= 15 is 0 Å². The molecule has 117 heavy (non-hydrogen) atoms. The number of carbonyl (C=O) groups excluding carboxylic acids is 4. The van der Waals surface area contributed by atoms with E-state index in [1.165, 1.54) is 54.9 Å². The molecule has 0 saturated heterocycles. The molecule has 7 heterocycles.